The van der Waals surface area contributed by atoms with Crippen LogP contribution >= 0.6 is 11.6 Å². The summed E-state index contributed by atoms with van der Waals surface area (Å²) in [4.78, 5) is 13.8. The zero-order valence-electron chi connectivity index (χ0n) is 12.5. The van der Waals surface area contributed by atoms with Crippen LogP contribution in [0.15, 0.2) is 18.2 Å². The first-order valence-electron chi connectivity index (χ1n) is 7.31. The van der Waals surface area contributed by atoms with Crippen molar-refractivity contribution in [3.63, 3.8) is 0 Å². The number of likely N-dealkylation sites (N-methyl/N-ethyl adjacent to an activating group) is 1. The van der Waals surface area contributed by atoms with Crippen LogP contribution in [0.2, 0.25) is 5.02 Å². The number of hydrogen-bond donors (Lipinski definition) is 1. The van der Waals surface area contributed by atoms with Crippen LogP contribution in [0.1, 0.15) is 31.2 Å². The molecule has 1 aromatic carbocycles. The van der Waals surface area contributed by atoms with E-state index in [2.05, 4.69) is 0 Å². The van der Waals surface area contributed by atoms with Crippen LogP contribution in [0.3, 0.4) is 0 Å². The van der Waals surface area contributed by atoms with Gasteiger partial charge in [-0.25, -0.2) is 0 Å². The highest BCUT2D eigenvalue weighted by molar-refractivity contribution is 6.30. The summed E-state index contributed by atoms with van der Waals surface area (Å²) in [5, 5.41) is 10.6. The number of hydrogen-bond acceptors (Lipinski definition) is 3. The maximum Gasteiger partial charge on any atom is 0.260 e. The number of benzene rings is 1. The number of aryl methyl sites for hydroxylation is 1. The first-order chi connectivity index (χ1) is 9.99. The van der Waals surface area contributed by atoms with Crippen LogP contribution in [-0.2, 0) is 4.79 Å². The lowest BCUT2D eigenvalue weighted by Gasteiger charge is -2.35. The fraction of sp³-hybridized carbons (Fsp3) is 0.562. The number of amides is 1. The topological polar surface area (TPSA) is 49.8 Å². The van der Waals surface area contributed by atoms with Gasteiger partial charge in [-0.1, -0.05) is 24.4 Å². The van der Waals surface area contributed by atoms with Crippen molar-refractivity contribution in [2.75, 3.05) is 13.7 Å². The number of carbonyl (C=O) groups excluding carboxylic acids is 1. The highest BCUT2D eigenvalue weighted by atomic mass is 35.5. The predicted molar refractivity (Wildman–Crippen MR) is 82.7 cm³/mol. The number of nitrogens with zero attached hydrogens (tertiary/aromatic N) is 1. The molecule has 2 atom stereocenters. The maximum absolute atomic E-state index is 12.2. The highest BCUT2D eigenvalue weighted by Crippen LogP contribution is 2.24. The average Bonchev–Trinajstić information content (AvgIpc) is 2.46. The van der Waals surface area contributed by atoms with E-state index in [1.807, 2.05) is 6.92 Å². The van der Waals surface area contributed by atoms with Crippen molar-refractivity contribution in [1.82, 2.24) is 4.90 Å². The molecule has 1 aliphatic rings. The molecule has 5 heteroatoms. The Labute approximate surface area is 130 Å². The number of carbonyl (C=O) groups is 1. The molecule has 1 aromatic rings. The summed E-state index contributed by atoms with van der Waals surface area (Å²) in [5.41, 5.74) is 0.899. The number of aliphatic hydroxyl groups excluding tert-OH is 1. The molecule has 0 heterocycles. The van der Waals surface area contributed by atoms with Gasteiger partial charge in [-0.2, -0.15) is 0 Å². The number of rotatable bonds is 4. The van der Waals surface area contributed by atoms with E-state index in [9.17, 15) is 9.90 Å². The molecule has 0 saturated heterocycles. The van der Waals surface area contributed by atoms with Crippen LogP contribution < -0.4 is 4.74 Å². The van der Waals surface area contributed by atoms with Gasteiger partial charge in [0.15, 0.2) is 6.61 Å². The first kappa shape index (κ1) is 16.1. The molecule has 1 amide bonds. The molecule has 0 bridgehead atoms. The molecule has 1 N–H and O–H groups in total. The maximum atomic E-state index is 12.2. The molecule has 4 nitrogen and oxygen atoms in total. The zero-order chi connectivity index (χ0) is 15.4. The Hall–Kier alpha value is -1.26. The quantitative estimate of drug-likeness (QED) is 0.930. The van der Waals surface area contributed by atoms with Crippen molar-refractivity contribution in [1.29, 1.82) is 0 Å². The lowest BCUT2D eigenvalue weighted by atomic mass is 9.91. The van der Waals surface area contributed by atoms with E-state index >= 15 is 0 Å². The fourth-order valence-electron chi connectivity index (χ4n) is 2.74. The van der Waals surface area contributed by atoms with Crippen LogP contribution in [0.4, 0.5) is 0 Å². The van der Waals surface area contributed by atoms with Crippen molar-refractivity contribution in [2.24, 2.45) is 0 Å². The van der Waals surface area contributed by atoms with Gasteiger partial charge >= 0.3 is 0 Å². The second kappa shape index (κ2) is 7.14. The highest BCUT2D eigenvalue weighted by Gasteiger charge is 2.29. The Morgan fingerprint density at radius 1 is 1.43 bits per heavy atom. The van der Waals surface area contributed by atoms with Crippen molar-refractivity contribution < 1.29 is 14.6 Å². The van der Waals surface area contributed by atoms with Gasteiger partial charge in [0, 0.05) is 12.1 Å². The molecule has 0 aliphatic heterocycles. The first-order valence-corrected chi connectivity index (χ1v) is 7.69. The molecule has 0 aromatic heterocycles. The minimum absolute atomic E-state index is 0.0256. The van der Waals surface area contributed by atoms with Gasteiger partial charge in [0.25, 0.3) is 5.91 Å². The van der Waals surface area contributed by atoms with Crippen molar-refractivity contribution >= 4 is 17.5 Å². The van der Waals surface area contributed by atoms with Crippen LogP contribution in [0, 0.1) is 6.92 Å². The molecule has 2 rings (SSSR count). The van der Waals surface area contributed by atoms with E-state index in [1.54, 1.807) is 30.1 Å². The van der Waals surface area contributed by atoms with E-state index in [4.69, 9.17) is 16.3 Å². The fourth-order valence-corrected chi connectivity index (χ4v) is 2.97. The Balaban J connectivity index is 1.91. The monoisotopic (exact) mass is 311 g/mol. The van der Waals surface area contributed by atoms with Gasteiger partial charge in [0.1, 0.15) is 5.75 Å². The largest absolute Gasteiger partial charge is 0.483 e. The number of ether oxygens (including phenoxy) is 1. The minimum atomic E-state index is -0.426. The summed E-state index contributed by atoms with van der Waals surface area (Å²) in [6.07, 6.45) is 3.27. The Morgan fingerprint density at radius 2 is 2.14 bits per heavy atom. The SMILES string of the molecule is Cc1cc(Cl)ccc1OCC(=O)N(C)C1CCCCC1O. The molecule has 2 unspecified atom stereocenters. The normalized spacial score (nSPS) is 21.9. The molecule has 1 saturated carbocycles. The Bertz CT molecular complexity index is 506. The number of halogens is 1. The van der Waals surface area contributed by atoms with Gasteiger partial charge in [-0.3, -0.25) is 4.79 Å². The molecule has 1 fully saturated rings. The smallest absolute Gasteiger partial charge is 0.260 e. The lowest BCUT2D eigenvalue weighted by molar-refractivity contribution is -0.137. The van der Waals surface area contributed by atoms with Gasteiger partial charge in [0.2, 0.25) is 0 Å². The van der Waals surface area contributed by atoms with Crippen molar-refractivity contribution in [3.05, 3.63) is 28.8 Å². The minimum Gasteiger partial charge on any atom is -0.483 e. The number of aliphatic hydroxyl groups is 1. The molecular weight excluding hydrogens is 290 g/mol. The summed E-state index contributed by atoms with van der Waals surface area (Å²) < 4.78 is 5.57. The summed E-state index contributed by atoms with van der Waals surface area (Å²) in [6.45, 7) is 1.86. The lowest BCUT2D eigenvalue weighted by Crippen LogP contribution is -2.47. The summed E-state index contributed by atoms with van der Waals surface area (Å²) in [5.74, 6) is 0.542. The third-order valence-electron chi connectivity index (χ3n) is 4.07. The standard InChI is InChI=1S/C16H22ClNO3/c1-11-9-12(17)7-8-15(11)21-10-16(20)18(2)13-5-3-4-6-14(13)19/h7-9,13-14,19H,3-6,10H2,1-2H3. The van der Waals surface area contributed by atoms with E-state index in [1.165, 1.54) is 0 Å². The molecule has 1 aliphatic carbocycles. The van der Waals surface area contributed by atoms with Crippen LogP contribution in [-0.4, -0.2) is 41.7 Å². The summed E-state index contributed by atoms with van der Waals surface area (Å²) in [6, 6.07) is 5.21. The zero-order valence-corrected chi connectivity index (χ0v) is 13.3. The Kier molecular flexibility index (Phi) is 5.48. The summed E-state index contributed by atoms with van der Waals surface area (Å²) >= 11 is 5.89. The van der Waals surface area contributed by atoms with E-state index in [-0.39, 0.29) is 18.6 Å². The van der Waals surface area contributed by atoms with Gasteiger partial charge in [0.05, 0.1) is 12.1 Å². The van der Waals surface area contributed by atoms with Crippen LogP contribution in [0.25, 0.3) is 0 Å². The second-order valence-corrected chi connectivity index (χ2v) is 6.06. The van der Waals surface area contributed by atoms with E-state index in [0.717, 1.165) is 31.2 Å². The molecule has 0 spiro atoms. The molecule has 21 heavy (non-hydrogen) atoms. The van der Waals surface area contributed by atoms with Crippen molar-refractivity contribution in [2.45, 2.75) is 44.8 Å². The van der Waals surface area contributed by atoms with Gasteiger partial charge in [-0.05, 0) is 43.5 Å². The second-order valence-electron chi connectivity index (χ2n) is 5.62. The van der Waals surface area contributed by atoms with Crippen molar-refractivity contribution in [3.8, 4) is 5.75 Å². The molecule has 116 valence electrons. The predicted octanol–water partition coefficient (Wildman–Crippen LogP) is 2.79. The summed E-state index contributed by atoms with van der Waals surface area (Å²) in [7, 11) is 1.74. The molecule has 0 radical (unpaired) electrons. The van der Waals surface area contributed by atoms with Crippen LogP contribution in [0.5, 0.6) is 5.75 Å². The van der Waals surface area contributed by atoms with E-state index < -0.39 is 6.10 Å². The van der Waals surface area contributed by atoms with Gasteiger partial charge in [-0.15, -0.1) is 0 Å². The van der Waals surface area contributed by atoms with Gasteiger partial charge < -0.3 is 14.7 Å². The Morgan fingerprint density at radius 3 is 2.81 bits per heavy atom. The molecular formula is C16H22ClNO3. The average molecular weight is 312 g/mol. The third-order valence-corrected chi connectivity index (χ3v) is 4.31. The third kappa shape index (κ3) is 4.11. The van der Waals surface area contributed by atoms with E-state index in [0.29, 0.717) is 10.8 Å².